The second kappa shape index (κ2) is 5.75. The molecule has 0 radical (unpaired) electrons. The molecule has 0 atom stereocenters. The van der Waals surface area contributed by atoms with Crippen molar-refractivity contribution in [1.82, 2.24) is 0 Å². The fraction of sp³-hybridized carbons (Fsp3) is 0.333. The maximum Gasteiger partial charge on any atom is 0.232 e. The standard InChI is InChI=1S/C9H8ClF4NO2S/c10-2-1-3-18(16,17)15-9-7(13)5(11)4-6(12)8(9)14/h4,15H,1-3H2. The Labute approximate surface area is 106 Å². The highest BCUT2D eigenvalue weighted by atomic mass is 35.5. The van der Waals surface area contributed by atoms with E-state index in [4.69, 9.17) is 11.6 Å². The van der Waals surface area contributed by atoms with Crippen molar-refractivity contribution in [3.8, 4) is 0 Å². The van der Waals surface area contributed by atoms with Gasteiger partial charge < -0.3 is 0 Å². The number of hydrogen-bond donors (Lipinski definition) is 1. The molecule has 0 unspecified atom stereocenters. The van der Waals surface area contributed by atoms with Gasteiger partial charge >= 0.3 is 0 Å². The maximum absolute atomic E-state index is 13.2. The van der Waals surface area contributed by atoms with Crippen molar-refractivity contribution in [2.45, 2.75) is 6.42 Å². The number of halogens is 5. The molecule has 0 amide bonds. The summed E-state index contributed by atoms with van der Waals surface area (Å²) in [6.07, 6.45) is 0.0257. The van der Waals surface area contributed by atoms with Crippen LogP contribution in [0.2, 0.25) is 0 Å². The minimum Gasteiger partial charge on any atom is -0.278 e. The molecule has 1 aromatic carbocycles. The van der Waals surface area contributed by atoms with Gasteiger partial charge in [0, 0.05) is 11.9 Å². The first-order valence-electron chi connectivity index (χ1n) is 4.68. The minimum absolute atomic E-state index is 0.0127. The third-order valence-corrected chi connectivity index (χ3v) is 3.52. The third kappa shape index (κ3) is 3.49. The monoisotopic (exact) mass is 305 g/mol. The summed E-state index contributed by atoms with van der Waals surface area (Å²) in [7, 11) is -4.12. The molecule has 9 heteroatoms. The van der Waals surface area contributed by atoms with Gasteiger partial charge in [-0.15, -0.1) is 11.6 Å². The Kier molecular flexibility index (Phi) is 4.80. The first-order valence-corrected chi connectivity index (χ1v) is 6.86. The molecule has 0 saturated heterocycles. The number of hydrogen-bond acceptors (Lipinski definition) is 2. The highest BCUT2D eigenvalue weighted by Crippen LogP contribution is 2.25. The molecule has 0 aliphatic heterocycles. The predicted octanol–water partition coefficient (Wildman–Crippen LogP) is 2.61. The lowest BCUT2D eigenvalue weighted by atomic mass is 10.3. The molecular weight excluding hydrogens is 298 g/mol. The summed E-state index contributed by atoms with van der Waals surface area (Å²) in [5.41, 5.74) is -1.37. The quantitative estimate of drug-likeness (QED) is 0.516. The Bertz CT molecular complexity index is 524. The van der Waals surface area contributed by atoms with Crippen molar-refractivity contribution in [2.75, 3.05) is 16.4 Å². The van der Waals surface area contributed by atoms with Gasteiger partial charge in [0.05, 0.1) is 5.75 Å². The highest BCUT2D eigenvalue weighted by molar-refractivity contribution is 7.92. The van der Waals surface area contributed by atoms with Crippen LogP contribution in [0, 0.1) is 23.3 Å². The van der Waals surface area contributed by atoms with E-state index >= 15 is 0 Å². The lowest BCUT2D eigenvalue weighted by Gasteiger charge is -2.10. The van der Waals surface area contributed by atoms with Crippen LogP contribution in [0.3, 0.4) is 0 Å². The molecule has 102 valence electrons. The average molecular weight is 306 g/mol. The molecule has 0 heterocycles. The second-order valence-electron chi connectivity index (χ2n) is 3.31. The molecule has 1 N–H and O–H groups in total. The summed E-state index contributed by atoms with van der Waals surface area (Å²) in [6.45, 7) is 0. The van der Waals surface area contributed by atoms with Crippen molar-refractivity contribution in [3.05, 3.63) is 29.3 Å². The van der Waals surface area contributed by atoms with Crippen LogP contribution >= 0.6 is 11.6 Å². The third-order valence-electron chi connectivity index (χ3n) is 1.92. The summed E-state index contributed by atoms with van der Waals surface area (Å²) in [5, 5.41) is 0. The minimum atomic E-state index is -4.12. The van der Waals surface area contributed by atoms with Crippen molar-refractivity contribution in [2.24, 2.45) is 0 Å². The Balaban J connectivity index is 3.12. The van der Waals surface area contributed by atoms with E-state index < -0.39 is 44.7 Å². The summed E-state index contributed by atoms with van der Waals surface area (Å²) in [4.78, 5) is 0. The van der Waals surface area contributed by atoms with Gasteiger partial charge in [-0.2, -0.15) is 0 Å². The van der Waals surface area contributed by atoms with Crippen LogP contribution in [0.15, 0.2) is 6.07 Å². The zero-order valence-corrected chi connectivity index (χ0v) is 10.4. The number of alkyl halides is 1. The lowest BCUT2D eigenvalue weighted by molar-refractivity contribution is 0.459. The van der Waals surface area contributed by atoms with Crippen LogP contribution in [-0.2, 0) is 10.0 Å². The number of rotatable bonds is 5. The Morgan fingerprint density at radius 3 is 2.06 bits per heavy atom. The number of benzene rings is 1. The van der Waals surface area contributed by atoms with E-state index in [2.05, 4.69) is 0 Å². The molecular formula is C9H8ClF4NO2S. The fourth-order valence-corrected chi connectivity index (χ4v) is 2.52. The van der Waals surface area contributed by atoms with E-state index in [0.29, 0.717) is 0 Å². The molecule has 1 rings (SSSR count). The molecule has 18 heavy (non-hydrogen) atoms. The first-order chi connectivity index (χ1) is 8.28. The summed E-state index contributed by atoms with van der Waals surface area (Å²) in [6, 6.07) is -0.0127. The van der Waals surface area contributed by atoms with E-state index in [1.165, 1.54) is 4.72 Å². The largest absolute Gasteiger partial charge is 0.278 e. The van der Waals surface area contributed by atoms with Crippen LogP contribution in [0.1, 0.15) is 6.42 Å². The second-order valence-corrected chi connectivity index (χ2v) is 5.53. The Morgan fingerprint density at radius 2 is 1.61 bits per heavy atom. The fourth-order valence-electron chi connectivity index (χ4n) is 1.11. The SMILES string of the molecule is O=S(=O)(CCCCl)Nc1c(F)c(F)cc(F)c1F. The average Bonchev–Trinajstić information content (AvgIpc) is 2.30. The van der Waals surface area contributed by atoms with E-state index in [-0.39, 0.29) is 18.4 Å². The van der Waals surface area contributed by atoms with E-state index in [1.807, 2.05) is 0 Å². The van der Waals surface area contributed by atoms with E-state index in [1.54, 1.807) is 0 Å². The molecule has 0 aliphatic rings. The van der Waals surface area contributed by atoms with Gasteiger partial charge in [0.1, 0.15) is 5.69 Å². The van der Waals surface area contributed by atoms with Crippen molar-refractivity contribution < 1.29 is 26.0 Å². The zero-order valence-electron chi connectivity index (χ0n) is 8.81. The van der Waals surface area contributed by atoms with Gasteiger partial charge in [0.25, 0.3) is 0 Å². The molecule has 0 saturated carbocycles. The van der Waals surface area contributed by atoms with Crippen molar-refractivity contribution >= 4 is 27.3 Å². The van der Waals surface area contributed by atoms with Crippen molar-refractivity contribution in [3.63, 3.8) is 0 Å². The number of anilines is 1. The molecule has 3 nitrogen and oxygen atoms in total. The summed E-state index contributed by atoms with van der Waals surface area (Å²) in [5.74, 6) is -7.49. The molecule has 0 bridgehead atoms. The maximum atomic E-state index is 13.2. The molecule has 0 fully saturated rings. The van der Waals surface area contributed by atoms with Crippen LogP contribution in [0.25, 0.3) is 0 Å². The van der Waals surface area contributed by atoms with E-state index in [9.17, 15) is 26.0 Å². The molecule has 0 aliphatic carbocycles. The predicted molar refractivity (Wildman–Crippen MR) is 59.0 cm³/mol. The van der Waals surface area contributed by atoms with Gasteiger partial charge in [0.15, 0.2) is 23.3 Å². The first kappa shape index (κ1) is 15.0. The van der Waals surface area contributed by atoms with E-state index in [0.717, 1.165) is 0 Å². The molecule has 1 aromatic rings. The van der Waals surface area contributed by atoms with Crippen LogP contribution in [-0.4, -0.2) is 20.1 Å². The van der Waals surface area contributed by atoms with Crippen molar-refractivity contribution in [1.29, 1.82) is 0 Å². The van der Waals surface area contributed by atoms with Gasteiger partial charge in [-0.25, -0.2) is 26.0 Å². The van der Waals surface area contributed by atoms with Crippen LogP contribution in [0.4, 0.5) is 23.2 Å². The number of sulfonamides is 1. The summed E-state index contributed by atoms with van der Waals surface area (Å²) >= 11 is 5.26. The molecule has 0 aromatic heterocycles. The van der Waals surface area contributed by atoms with Gasteiger partial charge in [-0.05, 0) is 6.42 Å². The number of nitrogens with one attached hydrogen (secondary N) is 1. The van der Waals surface area contributed by atoms with Gasteiger partial charge in [0.2, 0.25) is 10.0 Å². The topological polar surface area (TPSA) is 46.2 Å². The zero-order chi connectivity index (χ0) is 13.9. The highest BCUT2D eigenvalue weighted by Gasteiger charge is 2.22. The summed E-state index contributed by atoms with van der Waals surface area (Å²) < 4.78 is 76.1. The van der Waals surface area contributed by atoms with Gasteiger partial charge in [-0.3, -0.25) is 4.72 Å². The van der Waals surface area contributed by atoms with Gasteiger partial charge in [-0.1, -0.05) is 0 Å². The lowest BCUT2D eigenvalue weighted by Crippen LogP contribution is -2.19. The molecule has 0 spiro atoms. The Morgan fingerprint density at radius 1 is 1.11 bits per heavy atom. The Hall–Kier alpha value is -1.02. The normalized spacial score (nSPS) is 11.6. The van der Waals surface area contributed by atoms with Crippen LogP contribution < -0.4 is 4.72 Å². The van der Waals surface area contributed by atoms with Crippen LogP contribution in [0.5, 0.6) is 0 Å². The smallest absolute Gasteiger partial charge is 0.232 e.